The van der Waals surface area contributed by atoms with Crippen molar-refractivity contribution in [3.63, 3.8) is 0 Å². The number of nitrogens with one attached hydrogen (secondary N) is 1. The fraction of sp³-hybridized carbons (Fsp3) is 0.261. The number of aromatic nitrogens is 2. The van der Waals surface area contributed by atoms with Crippen molar-refractivity contribution in [1.82, 2.24) is 19.8 Å². The number of halogens is 1. The Morgan fingerprint density at radius 3 is 2.81 bits per heavy atom. The second-order valence-corrected chi connectivity index (χ2v) is 8.09. The van der Waals surface area contributed by atoms with Gasteiger partial charge in [-0.15, -0.1) is 0 Å². The fourth-order valence-electron chi connectivity index (χ4n) is 3.89. The first-order valence-corrected chi connectivity index (χ1v) is 10.9. The minimum absolute atomic E-state index is 0.0541. The molecule has 1 fully saturated rings. The number of rotatable bonds is 6. The number of hydrogen-bond acceptors (Lipinski definition) is 4. The second kappa shape index (κ2) is 9.08. The van der Waals surface area contributed by atoms with E-state index >= 15 is 0 Å². The summed E-state index contributed by atoms with van der Waals surface area (Å²) in [5.41, 5.74) is 3.80. The Balaban J connectivity index is 1.79. The van der Waals surface area contributed by atoms with Crippen LogP contribution in [0.1, 0.15) is 36.0 Å². The summed E-state index contributed by atoms with van der Waals surface area (Å²) in [5, 5.41) is 4.57. The van der Waals surface area contributed by atoms with Crippen molar-refractivity contribution in [2.75, 3.05) is 13.2 Å². The maximum absolute atomic E-state index is 12.4. The molecule has 0 unspecified atom stereocenters. The Hall–Kier alpha value is -2.90. The number of benzene rings is 1. The van der Waals surface area contributed by atoms with E-state index < -0.39 is 0 Å². The van der Waals surface area contributed by atoms with Crippen LogP contribution in [0.3, 0.4) is 0 Å². The van der Waals surface area contributed by atoms with Crippen LogP contribution in [0.25, 0.3) is 5.69 Å². The van der Waals surface area contributed by atoms with E-state index in [0.717, 1.165) is 27.7 Å². The maximum Gasteiger partial charge on any atom is 0.325 e. The van der Waals surface area contributed by atoms with Crippen molar-refractivity contribution in [2.45, 2.75) is 25.9 Å². The third-order valence-electron chi connectivity index (χ3n) is 5.31. The van der Waals surface area contributed by atoms with E-state index in [1.807, 2.05) is 66.6 Å². The molecule has 0 radical (unpaired) electrons. The highest BCUT2D eigenvalue weighted by Gasteiger charge is 2.42. The van der Waals surface area contributed by atoms with E-state index in [9.17, 15) is 4.79 Å². The number of hydrogen-bond donors (Lipinski definition) is 1. The summed E-state index contributed by atoms with van der Waals surface area (Å²) in [6.45, 7) is 4.14. The van der Waals surface area contributed by atoms with E-state index in [4.69, 9.17) is 28.6 Å². The van der Waals surface area contributed by atoms with E-state index in [0.29, 0.717) is 11.7 Å². The Bertz CT molecular complexity index is 1100. The van der Waals surface area contributed by atoms with E-state index in [1.165, 1.54) is 0 Å². The Kier molecular flexibility index (Phi) is 6.25. The molecular formula is C23H23ClN4O2S. The highest BCUT2D eigenvalue weighted by atomic mass is 35.5. The molecule has 2 atom stereocenters. The number of esters is 1. The SMILES string of the molecule is CCOC(=O)CN1C(=S)N[C@@H](c2ccccn2)[C@@H]1c1cccn1-c1ccc(Cl)c(C)c1. The van der Waals surface area contributed by atoms with Gasteiger partial charge in [0.25, 0.3) is 0 Å². The molecule has 1 saturated heterocycles. The summed E-state index contributed by atoms with van der Waals surface area (Å²) in [6, 6.07) is 15.2. The lowest BCUT2D eigenvalue weighted by Gasteiger charge is -2.28. The van der Waals surface area contributed by atoms with Gasteiger partial charge < -0.3 is 19.5 Å². The Morgan fingerprint density at radius 2 is 2.10 bits per heavy atom. The molecule has 0 aliphatic carbocycles. The van der Waals surface area contributed by atoms with Crippen LogP contribution in [0.5, 0.6) is 0 Å². The number of carbonyl (C=O) groups is 1. The highest BCUT2D eigenvalue weighted by Crippen LogP contribution is 2.39. The van der Waals surface area contributed by atoms with Gasteiger partial charge in [-0.1, -0.05) is 17.7 Å². The van der Waals surface area contributed by atoms with Crippen LogP contribution >= 0.6 is 23.8 Å². The molecule has 0 saturated carbocycles. The molecule has 1 aliphatic heterocycles. The molecule has 2 aromatic heterocycles. The molecule has 160 valence electrons. The molecular weight excluding hydrogens is 432 g/mol. The standard InChI is InChI=1S/C23H23ClN4O2S/c1-3-30-20(29)14-28-22(21(26-23(28)31)18-7-4-5-11-25-18)19-8-6-12-27(19)16-9-10-17(24)15(2)13-16/h4-13,21-22H,3,14H2,1-2H3,(H,26,31)/t21-,22-/m0/s1. The number of ether oxygens (including phenoxy) is 1. The highest BCUT2D eigenvalue weighted by molar-refractivity contribution is 7.80. The van der Waals surface area contributed by atoms with Crippen LogP contribution in [0.2, 0.25) is 5.02 Å². The van der Waals surface area contributed by atoms with E-state index in [2.05, 4.69) is 14.9 Å². The monoisotopic (exact) mass is 454 g/mol. The number of thiocarbonyl (C=S) groups is 1. The summed E-state index contributed by atoms with van der Waals surface area (Å²) in [7, 11) is 0. The normalized spacial score (nSPS) is 18.2. The Labute approximate surface area is 191 Å². The number of carbonyl (C=O) groups excluding carboxylic acids is 1. The predicted octanol–water partition coefficient (Wildman–Crippen LogP) is 4.37. The third kappa shape index (κ3) is 4.29. The number of nitrogens with zero attached hydrogens (tertiary/aromatic N) is 3. The van der Waals surface area contributed by atoms with Gasteiger partial charge in [0.05, 0.1) is 24.4 Å². The van der Waals surface area contributed by atoms with Crippen molar-refractivity contribution >= 4 is 34.9 Å². The predicted molar refractivity (Wildman–Crippen MR) is 124 cm³/mol. The molecule has 1 aromatic carbocycles. The molecule has 0 spiro atoms. The number of aryl methyl sites for hydroxylation is 1. The summed E-state index contributed by atoms with van der Waals surface area (Å²) in [5.74, 6) is -0.321. The molecule has 31 heavy (non-hydrogen) atoms. The average molecular weight is 455 g/mol. The van der Waals surface area contributed by atoms with Gasteiger partial charge in [-0.05, 0) is 74.1 Å². The first kappa shape index (κ1) is 21.3. The second-order valence-electron chi connectivity index (χ2n) is 7.30. The molecule has 6 nitrogen and oxygen atoms in total. The quantitative estimate of drug-likeness (QED) is 0.441. The van der Waals surface area contributed by atoms with E-state index in [1.54, 1.807) is 13.1 Å². The molecule has 0 amide bonds. The number of pyridine rings is 1. The molecule has 1 N–H and O–H groups in total. The van der Waals surface area contributed by atoms with Crippen LogP contribution in [-0.4, -0.2) is 38.7 Å². The maximum atomic E-state index is 12.4. The summed E-state index contributed by atoms with van der Waals surface area (Å²) in [4.78, 5) is 18.8. The molecule has 0 bridgehead atoms. The van der Waals surface area contributed by atoms with Crippen molar-refractivity contribution in [3.8, 4) is 5.69 Å². The van der Waals surface area contributed by atoms with Crippen molar-refractivity contribution < 1.29 is 9.53 Å². The van der Waals surface area contributed by atoms with Crippen molar-refractivity contribution in [1.29, 1.82) is 0 Å². The third-order valence-corrected chi connectivity index (χ3v) is 6.08. The minimum atomic E-state index is -0.321. The summed E-state index contributed by atoms with van der Waals surface area (Å²) < 4.78 is 7.29. The lowest BCUT2D eigenvalue weighted by Crippen LogP contribution is -2.36. The van der Waals surface area contributed by atoms with Gasteiger partial charge >= 0.3 is 5.97 Å². The van der Waals surface area contributed by atoms with Gasteiger partial charge in [0.1, 0.15) is 6.54 Å². The fourth-order valence-corrected chi connectivity index (χ4v) is 4.31. The lowest BCUT2D eigenvalue weighted by molar-refractivity contribution is -0.143. The molecule has 3 aromatic rings. The van der Waals surface area contributed by atoms with Gasteiger partial charge in [0.15, 0.2) is 5.11 Å². The summed E-state index contributed by atoms with van der Waals surface area (Å²) in [6.07, 6.45) is 3.75. The van der Waals surface area contributed by atoms with Crippen LogP contribution < -0.4 is 5.32 Å². The zero-order valence-corrected chi connectivity index (χ0v) is 18.9. The molecule has 4 rings (SSSR count). The summed E-state index contributed by atoms with van der Waals surface area (Å²) >= 11 is 11.9. The van der Waals surface area contributed by atoms with Crippen molar-refractivity contribution in [3.05, 3.63) is 82.9 Å². The van der Waals surface area contributed by atoms with Crippen LogP contribution in [0.15, 0.2) is 60.9 Å². The van der Waals surface area contributed by atoms with E-state index in [-0.39, 0.29) is 24.6 Å². The van der Waals surface area contributed by atoms with Gasteiger partial charge in [0, 0.05) is 28.8 Å². The zero-order chi connectivity index (χ0) is 22.0. The smallest absolute Gasteiger partial charge is 0.325 e. The molecule has 3 heterocycles. The topological polar surface area (TPSA) is 59.4 Å². The largest absolute Gasteiger partial charge is 0.465 e. The lowest BCUT2D eigenvalue weighted by atomic mass is 10.0. The first-order valence-electron chi connectivity index (χ1n) is 10.1. The molecule has 1 aliphatic rings. The molecule has 8 heteroatoms. The van der Waals surface area contributed by atoms with Crippen LogP contribution in [0.4, 0.5) is 0 Å². The zero-order valence-electron chi connectivity index (χ0n) is 17.3. The van der Waals surface area contributed by atoms with Gasteiger partial charge in [-0.2, -0.15) is 0 Å². The minimum Gasteiger partial charge on any atom is -0.465 e. The first-order chi connectivity index (χ1) is 15.0. The Morgan fingerprint density at radius 1 is 1.26 bits per heavy atom. The van der Waals surface area contributed by atoms with Gasteiger partial charge in [-0.25, -0.2) is 0 Å². The van der Waals surface area contributed by atoms with Gasteiger partial charge in [-0.3, -0.25) is 9.78 Å². The van der Waals surface area contributed by atoms with Crippen LogP contribution in [-0.2, 0) is 9.53 Å². The average Bonchev–Trinajstić information content (AvgIpc) is 3.36. The van der Waals surface area contributed by atoms with Gasteiger partial charge in [0.2, 0.25) is 0 Å². The van der Waals surface area contributed by atoms with Crippen LogP contribution in [0, 0.1) is 6.92 Å². The van der Waals surface area contributed by atoms with Crippen molar-refractivity contribution in [2.24, 2.45) is 0 Å².